The second kappa shape index (κ2) is 11.0. The molecule has 1 aromatic carbocycles. The summed E-state index contributed by atoms with van der Waals surface area (Å²) in [5, 5.41) is 8.49. The summed E-state index contributed by atoms with van der Waals surface area (Å²) in [6.45, 7) is 4.54. The molecule has 1 amide bonds. The van der Waals surface area contributed by atoms with Crippen molar-refractivity contribution >= 4 is 23.2 Å². The van der Waals surface area contributed by atoms with Gasteiger partial charge in [0.05, 0.1) is 6.54 Å². The normalized spacial score (nSPS) is 14.8. The van der Waals surface area contributed by atoms with E-state index < -0.39 is 0 Å². The van der Waals surface area contributed by atoms with Crippen molar-refractivity contribution in [3.05, 3.63) is 52.0 Å². The Labute approximate surface area is 181 Å². The molecule has 0 saturated carbocycles. The van der Waals surface area contributed by atoms with Gasteiger partial charge in [0.15, 0.2) is 5.96 Å². The first-order valence-corrected chi connectivity index (χ1v) is 11.2. The lowest BCUT2D eigenvalue weighted by molar-refractivity contribution is -0.131. The zero-order valence-electron chi connectivity index (χ0n) is 17.5. The summed E-state index contributed by atoms with van der Waals surface area (Å²) in [5.41, 5.74) is 1.27. The van der Waals surface area contributed by atoms with Crippen LogP contribution in [0.2, 0.25) is 0 Å². The van der Waals surface area contributed by atoms with Crippen LogP contribution < -0.4 is 15.4 Å². The molecule has 0 saturated heterocycles. The maximum atomic E-state index is 13.3. The first-order chi connectivity index (χ1) is 14.6. The van der Waals surface area contributed by atoms with Crippen molar-refractivity contribution in [3.63, 3.8) is 0 Å². The highest BCUT2D eigenvalue weighted by Gasteiger charge is 2.21. The lowest BCUT2D eigenvalue weighted by atomic mass is 10.1. The number of carbonyl (C=O) groups is 1. The van der Waals surface area contributed by atoms with E-state index in [9.17, 15) is 9.18 Å². The SMILES string of the molecule is CCC(CNC(=NC)NCCC(=O)N1CCc2sccc2C1)Oc1cccc(F)c1. The average Bonchev–Trinajstić information content (AvgIpc) is 3.23. The van der Waals surface area contributed by atoms with Crippen molar-refractivity contribution in [1.29, 1.82) is 0 Å². The van der Waals surface area contributed by atoms with Gasteiger partial charge in [-0.3, -0.25) is 9.79 Å². The number of thiophene rings is 1. The summed E-state index contributed by atoms with van der Waals surface area (Å²) >= 11 is 1.77. The molecule has 1 aromatic heterocycles. The fourth-order valence-electron chi connectivity index (χ4n) is 3.34. The van der Waals surface area contributed by atoms with Gasteiger partial charge in [-0.25, -0.2) is 4.39 Å². The van der Waals surface area contributed by atoms with E-state index >= 15 is 0 Å². The van der Waals surface area contributed by atoms with Crippen LogP contribution in [0, 0.1) is 5.82 Å². The van der Waals surface area contributed by atoms with E-state index in [1.165, 1.54) is 22.6 Å². The number of carbonyl (C=O) groups excluding carboxylic acids is 1. The van der Waals surface area contributed by atoms with Gasteiger partial charge in [-0.15, -0.1) is 11.3 Å². The van der Waals surface area contributed by atoms with E-state index in [0.717, 1.165) is 19.4 Å². The fraction of sp³-hybridized carbons (Fsp3) is 0.455. The van der Waals surface area contributed by atoms with Gasteiger partial charge in [-0.2, -0.15) is 0 Å². The van der Waals surface area contributed by atoms with Crippen molar-refractivity contribution < 1.29 is 13.9 Å². The summed E-state index contributed by atoms with van der Waals surface area (Å²) in [7, 11) is 1.69. The van der Waals surface area contributed by atoms with Gasteiger partial charge in [0.25, 0.3) is 0 Å². The average molecular weight is 433 g/mol. The quantitative estimate of drug-likeness (QED) is 0.497. The predicted molar refractivity (Wildman–Crippen MR) is 119 cm³/mol. The number of halogens is 1. The molecule has 0 fully saturated rings. The number of nitrogens with zero attached hydrogens (tertiary/aromatic N) is 2. The van der Waals surface area contributed by atoms with E-state index in [4.69, 9.17) is 4.74 Å². The van der Waals surface area contributed by atoms with Crippen LogP contribution in [0.25, 0.3) is 0 Å². The third-order valence-electron chi connectivity index (χ3n) is 5.07. The van der Waals surface area contributed by atoms with E-state index in [1.54, 1.807) is 30.5 Å². The molecule has 2 heterocycles. The highest BCUT2D eigenvalue weighted by molar-refractivity contribution is 7.10. The molecule has 1 aliphatic heterocycles. The molecule has 0 aliphatic carbocycles. The molecule has 6 nitrogen and oxygen atoms in total. The number of amides is 1. The minimum absolute atomic E-state index is 0.125. The smallest absolute Gasteiger partial charge is 0.224 e. The molecule has 162 valence electrons. The topological polar surface area (TPSA) is 66.0 Å². The summed E-state index contributed by atoms with van der Waals surface area (Å²) < 4.78 is 19.2. The van der Waals surface area contributed by atoms with Crippen molar-refractivity contribution in [2.45, 2.75) is 38.8 Å². The summed E-state index contributed by atoms with van der Waals surface area (Å²) in [4.78, 5) is 20.0. The lowest BCUT2D eigenvalue weighted by Gasteiger charge is -2.27. The monoisotopic (exact) mass is 432 g/mol. The van der Waals surface area contributed by atoms with Gasteiger partial charge in [-0.1, -0.05) is 13.0 Å². The third kappa shape index (κ3) is 6.19. The number of aliphatic imine (C=N–C) groups is 1. The molecule has 1 unspecified atom stereocenters. The van der Waals surface area contributed by atoms with Crippen LogP contribution in [0.3, 0.4) is 0 Å². The number of benzene rings is 1. The largest absolute Gasteiger partial charge is 0.489 e. The first kappa shape index (κ1) is 22.1. The van der Waals surface area contributed by atoms with Crippen molar-refractivity contribution in [3.8, 4) is 5.75 Å². The maximum absolute atomic E-state index is 13.3. The Morgan fingerprint density at radius 2 is 2.23 bits per heavy atom. The number of guanidine groups is 1. The molecule has 2 aromatic rings. The van der Waals surface area contributed by atoms with E-state index in [2.05, 4.69) is 27.1 Å². The molecule has 8 heteroatoms. The Balaban J connectivity index is 1.39. The number of rotatable bonds is 8. The van der Waals surface area contributed by atoms with Gasteiger partial charge in [-0.05, 0) is 42.0 Å². The molecule has 1 aliphatic rings. The minimum atomic E-state index is -0.318. The van der Waals surface area contributed by atoms with Gasteiger partial charge in [0, 0.05) is 44.0 Å². The molecule has 3 rings (SSSR count). The highest BCUT2D eigenvalue weighted by atomic mass is 32.1. The Morgan fingerprint density at radius 1 is 1.37 bits per heavy atom. The Bertz CT molecular complexity index is 870. The molecular weight excluding hydrogens is 403 g/mol. The number of hydrogen-bond donors (Lipinski definition) is 2. The molecule has 1 atom stereocenters. The molecule has 30 heavy (non-hydrogen) atoms. The zero-order valence-corrected chi connectivity index (χ0v) is 18.3. The fourth-order valence-corrected chi connectivity index (χ4v) is 4.23. The summed E-state index contributed by atoms with van der Waals surface area (Å²) in [5.74, 6) is 0.951. The molecule has 0 bridgehead atoms. The van der Waals surface area contributed by atoms with Crippen LogP contribution >= 0.6 is 11.3 Å². The van der Waals surface area contributed by atoms with E-state index in [-0.39, 0.29) is 17.8 Å². The van der Waals surface area contributed by atoms with E-state index in [1.807, 2.05) is 11.8 Å². The molecule has 2 N–H and O–H groups in total. The number of fused-ring (bicyclic) bond motifs is 1. The predicted octanol–water partition coefficient (Wildman–Crippen LogP) is 3.18. The molecular formula is C22H29FN4O2S. The first-order valence-electron chi connectivity index (χ1n) is 10.3. The minimum Gasteiger partial charge on any atom is -0.489 e. The van der Waals surface area contributed by atoms with Crippen LogP contribution in [0.5, 0.6) is 5.75 Å². The van der Waals surface area contributed by atoms with Gasteiger partial charge in [0.1, 0.15) is 17.7 Å². The number of ether oxygens (including phenoxy) is 1. The second-order valence-corrected chi connectivity index (χ2v) is 8.17. The van der Waals surface area contributed by atoms with Crippen molar-refractivity contribution in [1.82, 2.24) is 15.5 Å². The van der Waals surface area contributed by atoms with Crippen LogP contribution in [-0.4, -0.2) is 49.6 Å². The third-order valence-corrected chi connectivity index (χ3v) is 6.09. The van der Waals surface area contributed by atoms with Crippen molar-refractivity contribution in [2.75, 3.05) is 26.7 Å². The summed E-state index contributed by atoms with van der Waals surface area (Å²) in [6.07, 6.45) is 1.99. The maximum Gasteiger partial charge on any atom is 0.224 e. The Hall–Kier alpha value is -2.61. The van der Waals surface area contributed by atoms with Gasteiger partial charge >= 0.3 is 0 Å². The van der Waals surface area contributed by atoms with Crippen LogP contribution in [0.1, 0.15) is 30.2 Å². The van der Waals surface area contributed by atoms with Crippen molar-refractivity contribution in [2.24, 2.45) is 4.99 Å². The second-order valence-electron chi connectivity index (χ2n) is 7.17. The van der Waals surface area contributed by atoms with Gasteiger partial charge in [0.2, 0.25) is 5.91 Å². The number of nitrogens with one attached hydrogen (secondary N) is 2. The molecule has 0 radical (unpaired) electrons. The van der Waals surface area contributed by atoms with Crippen LogP contribution in [0.4, 0.5) is 4.39 Å². The zero-order chi connectivity index (χ0) is 21.3. The number of hydrogen-bond acceptors (Lipinski definition) is 4. The molecule has 0 spiro atoms. The van der Waals surface area contributed by atoms with Gasteiger partial charge < -0.3 is 20.3 Å². The highest BCUT2D eigenvalue weighted by Crippen LogP contribution is 2.24. The van der Waals surface area contributed by atoms with Crippen LogP contribution in [0.15, 0.2) is 40.7 Å². The van der Waals surface area contributed by atoms with Crippen LogP contribution in [-0.2, 0) is 17.8 Å². The standard InChI is InChI=1S/C22H29FN4O2S/c1-3-18(29-19-6-4-5-17(23)13-19)14-26-22(24-2)25-10-7-21(28)27-11-8-20-16(15-27)9-12-30-20/h4-6,9,12-13,18H,3,7-8,10-11,14-15H2,1-2H3,(H2,24,25,26). The Morgan fingerprint density at radius 3 is 3.00 bits per heavy atom. The lowest BCUT2D eigenvalue weighted by Crippen LogP contribution is -2.44. The van der Waals surface area contributed by atoms with E-state index in [0.29, 0.717) is 37.8 Å². The Kier molecular flexibility index (Phi) is 8.07. The summed E-state index contributed by atoms with van der Waals surface area (Å²) in [6, 6.07) is 8.25.